The molecule has 4 nitrogen and oxygen atoms in total. The smallest absolute Gasteiger partial charge is 1.00 e. The van der Waals surface area contributed by atoms with E-state index in [1.54, 1.807) is 0 Å². The Morgan fingerprint density at radius 2 is 1.83 bits per heavy atom. The molecule has 0 aromatic carbocycles. The average Bonchev–Trinajstić information content (AvgIpc) is 0.811. The number of nitrogens with zero attached hydrogens (tertiary/aromatic N) is 1. The molecule has 6 heteroatoms. The predicted octanol–water partition coefficient (Wildman–Crippen LogP) is -3.23. The first kappa shape index (κ1) is 15.9. The van der Waals surface area contributed by atoms with Crippen LogP contribution in [-0.4, -0.2) is 10.3 Å². The van der Waals surface area contributed by atoms with Crippen molar-refractivity contribution in [3.8, 4) is 0 Å². The first-order valence-corrected chi connectivity index (χ1v) is 0.565. The Balaban J connectivity index is -0.0000000150. The van der Waals surface area contributed by atoms with E-state index in [1.165, 1.54) is 0 Å². The van der Waals surface area contributed by atoms with E-state index in [0.29, 0.717) is 0 Å². The quantitative estimate of drug-likeness (QED) is 0.220. The number of hydrogen-bond acceptors (Lipinski definition) is 2. The van der Waals surface area contributed by atoms with Gasteiger partial charge >= 0.3 is 29.6 Å². The Labute approximate surface area is 68.3 Å². The molecule has 0 amide bonds. The molecule has 0 unspecified atom stereocenters. The minimum atomic E-state index is -1.50. The molecular formula is H2FeNNaO3. The van der Waals surface area contributed by atoms with E-state index < -0.39 is 5.09 Å². The Kier molecular flexibility index (Phi) is 24.4. The second-order valence-corrected chi connectivity index (χ2v) is 0.238. The van der Waals surface area contributed by atoms with Crippen LogP contribution in [0.4, 0.5) is 0 Å². The van der Waals surface area contributed by atoms with E-state index in [9.17, 15) is 0 Å². The first-order valence-electron chi connectivity index (χ1n) is 0.565. The molecular weight excluding hydrogens is 141 g/mol. The molecule has 0 aliphatic carbocycles. The number of hydrogen-bond donors (Lipinski definition) is 1. The molecule has 34 valence electrons. The van der Waals surface area contributed by atoms with Crippen molar-refractivity contribution in [3.63, 3.8) is 0 Å². The summed E-state index contributed by atoms with van der Waals surface area (Å²) in [7, 11) is 0. The zero-order valence-electron chi connectivity index (χ0n) is 4.06. The summed E-state index contributed by atoms with van der Waals surface area (Å²) in [6.07, 6.45) is 0. The van der Waals surface area contributed by atoms with Crippen LogP contribution < -0.4 is 29.6 Å². The topological polar surface area (TPSA) is 63.4 Å². The molecule has 0 atom stereocenters. The van der Waals surface area contributed by atoms with Crippen LogP contribution in [0.3, 0.4) is 0 Å². The van der Waals surface area contributed by atoms with Gasteiger partial charge in [0.25, 0.3) is 5.09 Å². The van der Waals surface area contributed by atoms with Gasteiger partial charge in [0.2, 0.25) is 0 Å². The summed E-state index contributed by atoms with van der Waals surface area (Å²) in [6.45, 7) is 0. The molecule has 6 heavy (non-hydrogen) atoms. The zero-order chi connectivity index (χ0) is 3.58. The van der Waals surface area contributed by atoms with Gasteiger partial charge in [-0.2, -0.15) is 0 Å². The van der Waals surface area contributed by atoms with Gasteiger partial charge in [-0.1, -0.05) is 0 Å². The van der Waals surface area contributed by atoms with Crippen LogP contribution in [0.25, 0.3) is 0 Å². The molecule has 0 rings (SSSR count). The van der Waals surface area contributed by atoms with E-state index in [4.69, 9.17) is 15.3 Å². The van der Waals surface area contributed by atoms with Gasteiger partial charge in [0.05, 0.1) is 0 Å². The second-order valence-electron chi connectivity index (χ2n) is 0.238. The van der Waals surface area contributed by atoms with Gasteiger partial charge in [-0.3, -0.25) is 0 Å². The van der Waals surface area contributed by atoms with Gasteiger partial charge < -0.3 is 6.63 Å². The minimum Gasteiger partial charge on any atom is -1.00 e. The SMILES string of the molecule is O=[N+]([O-])O.[Fe].[H-].[Na+]. The molecule has 0 spiro atoms. The van der Waals surface area contributed by atoms with Crippen LogP contribution in [0.15, 0.2) is 0 Å². The third-order valence-electron chi connectivity index (χ3n) is 0. The van der Waals surface area contributed by atoms with E-state index in [0.717, 1.165) is 0 Å². The van der Waals surface area contributed by atoms with Crippen molar-refractivity contribution in [3.05, 3.63) is 10.1 Å². The van der Waals surface area contributed by atoms with Crippen molar-refractivity contribution in [1.29, 1.82) is 0 Å². The summed E-state index contributed by atoms with van der Waals surface area (Å²) in [5.41, 5.74) is 0. The fraction of sp³-hybridized carbons (Fsp3) is 0. The average molecular weight is 143 g/mol. The predicted molar refractivity (Wildman–Crippen MR) is 9.89 cm³/mol. The van der Waals surface area contributed by atoms with E-state index in [1.807, 2.05) is 0 Å². The van der Waals surface area contributed by atoms with E-state index in [2.05, 4.69) is 0 Å². The fourth-order valence-electron chi connectivity index (χ4n) is 0. The third-order valence-corrected chi connectivity index (χ3v) is 0. The van der Waals surface area contributed by atoms with Crippen LogP contribution in [0.5, 0.6) is 0 Å². The molecule has 0 bridgehead atoms. The standard InChI is InChI=1S/Fe.HNO3.Na.H/c;2-1(3)4;;/h;(H,2,3,4);;/q;;+1;-1. The maximum Gasteiger partial charge on any atom is 1.00 e. The Hall–Kier alpha value is 0.719. The molecule has 0 aliphatic rings. The zero-order valence-corrected chi connectivity index (χ0v) is 6.17. The summed E-state index contributed by atoms with van der Waals surface area (Å²) < 4.78 is 0. The Bertz CT molecular complexity index is 37.9. The third kappa shape index (κ3) is 126. The van der Waals surface area contributed by atoms with Crippen molar-refractivity contribution in [2.75, 3.05) is 0 Å². The van der Waals surface area contributed by atoms with Crippen molar-refractivity contribution in [2.45, 2.75) is 0 Å². The largest absolute Gasteiger partial charge is 1.00 e. The number of rotatable bonds is 0. The Morgan fingerprint density at radius 1 is 1.83 bits per heavy atom. The molecule has 0 saturated carbocycles. The van der Waals surface area contributed by atoms with Crippen LogP contribution >= 0.6 is 0 Å². The normalized spacial score (nSPS) is 4.00. The molecule has 0 saturated heterocycles. The van der Waals surface area contributed by atoms with Gasteiger partial charge in [-0.15, -0.1) is 10.1 Å². The van der Waals surface area contributed by atoms with Gasteiger partial charge in [0.1, 0.15) is 0 Å². The molecule has 0 aromatic heterocycles. The molecule has 0 radical (unpaired) electrons. The minimum absolute atomic E-state index is 0. The van der Waals surface area contributed by atoms with Crippen molar-refractivity contribution >= 4 is 0 Å². The van der Waals surface area contributed by atoms with Crippen LogP contribution in [0, 0.1) is 10.1 Å². The summed E-state index contributed by atoms with van der Waals surface area (Å²) in [6, 6.07) is 0. The fourth-order valence-corrected chi connectivity index (χ4v) is 0. The monoisotopic (exact) mass is 143 g/mol. The maximum atomic E-state index is 8.36. The summed E-state index contributed by atoms with van der Waals surface area (Å²) in [5.74, 6) is 0. The van der Waals surface area contributed by atoms with Gasteiger partial charge in [0, 0.05) is 17.1 Å². The molecule has 0 aromatic rings. The van der Waals surface area contributed by atoms with E-state index in [-0.39, 0.29) is 48.1 Å². The van der Waals surface area contributed by atoms with Gasteiger partial charge in [0.15, 0.2) is 0 Å². The molecule has 0 heterocycles. The summed E-state index contributed by atoms with van der Waals surface area (Å²) in [5, 5.41) is 13.6. The van der Waals surface area contributed by atoms with Crippen molar-refractivity contribution in [1.82, 2.24) is 0 Å². The Morgan fingerprint density at radius 3 is 1.83 bits per heavy atom. The van der Waals surface area contributed by atoms with Crippen LogP contribution in [0.2, 0.25) is 0 Å². The van der Waals surface area contributed by atoms with Gasteiger partial charge in [-0.25, -0.2) is 0 Å². The van der Waals surface area contributed by atoms with Crippen LogP contribution in [-0.2, 0) is 17.1 Å². The van der Waals surface area contributed by atoms with Crippen LogP contribution in [0.1, 0.15) is 1.43 Å². The summed E-state index contributed by atoms with van der Waals surface area (Å²) in [4.78, 5) is 8.36. The van der Waals surface area contributed by atoms with Gasteiger partial charge in [-0.05, 0) is 0 Å². The second kappa shape index (κ2) is 9.21. The molecule has 0 fully saturated rings. The molecule has 0 aliphatic heterocycles. The van der Waals surface area contributed by atoms with Crippen molar-refractivity contribution in [2.24, 2.45) is 0 Å². The first-order chi connectivity index (χ1) is 1.73. The summed E-state index contributed by atoms with van der Waals surface area (Å²) >= 11 is 0. The maximum absolute atomic E-state index is 8.36. The molecule has 1 N–H and O–H groups in total. The van der Waals surface area contributed by atoms with Crippen molar-refractivity contribution < 1.29 is 58.3 Å². The van der Waals surface area contributed by atoms with E-state index >= 15 is 0 Å².